The third-order valence-corrected chi connectivity index (χ3v) is 5.17. The SMILES string of the molecule is O=c1cc(CSc2nnnn2C2CCOCC2)c2ccccc2[nH]1. The predicted molar refractivity (Wildman–Crippen MR) is 91.0 cm³/mol. The summed E-state index contributed by atoms with van der Waals surface area (Å²) in [5.41, 5.74) is 1.75. The molecule has 1 aliphatic rings. The van der Waals surface area contributed by atoms with Crippen molar-refractivity contribution >= 4 is 22.7 Å². The van der Waals surface area contributed by atoms with Crippen LogP contribution in [-0.2, 0) is 10.5 Å². The quantitative estimate of drug-likeness (QED) is 0.731. The molecule has 1 aliphatic heterocycles. The molecule has 1 aromatic carbocycles. The highest BCUT2D eigenvalue weighted by atomic mass is 32.2. The fraction of sp³-hybridized carbons (Fsp3) is 0.375. The Balaban J connectivity index is 1.58. The van der Waals surface area contributed by atoms with E-state index in [0.717, 1.165) is 47.7 Å². The average molecular weight is 343 g/mol. The van der Waals surface area contributed by atoms with Crippen LogP contribution in [0.25, 0.3) is 10.9 Å². The van der Waals surface area contributed by atoms with E-state index in [9.17, 15) is 4.79 Å². The minimum absolute atomic E-state index is 0.0895. The second kappa shape index (κ2) is 6.74. The molecule has 3 aromatic rings. The van der Waals surface area contributed by atoms with E-state index in [-0.39, 0.29) is 11.6 Å². The number of H-pyrrole nitrogens is 1. The van der Waals surface area contributed by atoms with E-state index in [1.165, 1.54) is 0 Å². The van der Waals surface area contributed by atoms with Gasteiger partial charge in [0.15, 0.2) is 0 Å². The number of rotatable bonds is 4. The molecule has 1 saturated heterocycles. The lowest BCUT2D eigenvalue weighted by Crippen LogP contribution is -2.21. The number of para-hydroxylation sites is 1. The van der Waals surface area contributed by atoms with Gasteiger partial charge in [0.25, 0.3) is 0 Å². The van der Waals surface area contributed by atoms with Gasteiger partial charge in [-0.3, -0.25) is 4.79 Å². The van der Waals surface area contributed by atoms with Crippen molar-refractivity contribution in [2.45, 2.75) is 29.8 Å². The lowest BCUT2D eigenvalue weighted by molar-refractivity contribution is 0.0631. The summed E-state index contributed by atoms with van der Waals surface area (Å²) in [6.07, 6.45) is 1.85. The molecule has 0 bridgehead atoms. The van der Waals surface area contributed by atoms with Crippen molar-refractivity contribution in [2.75, 3.05) is 13.2 Å². The number of pyridine rings is 1. The van der Waals surface area contributed by atoms with E-state index in [1.54, 1.807) is 17.8 Å². The Morgan fingerprint density at radius 3 is 3.00 bits per heavy atom. The maximum atomic E-state index is 11.9. The van der Waals surface area contributed by atoms with Crippen LogP contribution in [0.3, 0.4) is 0 Å². The molecule has 0 unspecified atom stereocenters. The summed E-state index contributed by atoms with van der Waals surface area (Å²) in [6, 6.07) is 9.76. The van der Waals surface area contributed by atoms with Gasteiger partial charge in [-0.2, -0.15) is 0 Å². The third kappa shape index (κ3) is 3.07. The summed E-state index contributed by atoms with van der Waals surface area (Å²) < 4.78 is 7.29. The number of tetrazole rings is 1. The minimum atomic E-state index is -0.0895. The van der Waals surface area contributed by atoms with Gasteiger partial charge >= 0.3 is 0 Å². The number of fused-ring (bicyclic) bond motifs is 1. The van der Waals surface area contributed by atoms with Crippen LogP contribution < -0.4 is 5.56 Å². The summed E-state index contributed by atoms with van der Waals surface area (Å²) in [7, 11) is 0. The van der Waals surface area contributed by atoms with Crippen LogP contribution in [-0.4, -0.2) is 38.4 Å². The van der Waals surface area contributed by atoms with Crippen molar-refractivity contribution in [3.05, 3.63) is 46.2 Å². The summed E-state index contributed by atoms with van der Waals surface area (Å²) in [4.78, 5) is 14.7. The molecule has 1 fully saturated rings. The van der Waals surface area contributed by atoms with Crippen LogP contribution in [0.4, 0.5) is 0 Å². The summed E-state index contributed by atoms with van der Waals surface area (Å²) in [5, 5.41) is 13.9. The Bertz CT molecular complexity index is 901. The zero-order chi connectivity index (χ0) is 16.4. The smallest absolute Gasteiger partial charge is 0.248 e. The van der Waals surface area contributed by atoms with Gasteiger partial charge in [-0.15, -0.1) is 5.10 Å². The molecule has 0 amide bonds. The van der Waals surface area contributed by atoms with Gasteiger partial charge in [0.1, 0.15) is 0 Å². The number of hydrogen-bond acceptors (Lipinski definition) is 6. The summed E-state index contributed by atoms with van der Waals surface area (Å²) in [5.74, 6) is 0.647. The van der Waals surface area contributed by atoms with Crippen molar-refractivity contribution in [1.29, 1.82) is 0 Å². The van der Waals surface area contributed by atoms with Crippen molar-refractivity contribution in [1.82, 2.24) is 25.2 Å². The number of nitrogens with zero attached hydrogens (tertiary/aromatic N) is 4. The zero-order valence-corrected chi connectivity index (χ0v) is 13.8. The fourth-order valence-corrected chi connectivity index (χ4v) is 3.91. The maximum Gasteiger partial charge on any atom is 0.248 e. The highest BCUT2D eigenvalue weighted by Gasteiger charge is 2.20. The molecule has 3 heterocycles. The summed E-state index contributed by atoms with van der Waals surface area (Å²) in [6.45, 7) is 1.49. The van der Waals surface area contributed by atoms with Crippen LogP contribution >= 0.6 is 11.8 Å². The molecule has 0 saturated carbocycles. The first-order valence-electron chi connectivity index (χ1n) is 7.90. The highest BCUT2D eigenvalue weighted by molar-refractivity contribution is 7.98. The molecule has 2 aromatic heterocycles. The van der Waals surface area contributed by atoms with E-state index in [0.29, 0.717) is 5.75 Å². The molecule has 124 valence electrons. The molecule has 4 rings (SSSR count). The molecule has 0 radical (unpaired) electrons. The van der Waals surface area contributed by atoms with Gasteiger partial charge in [0.2, 0.25) is 10.7 Å². The first kappa shape index (κ1) is 15.3. The highest BCUT2D eigenvalue weighted by Crippen LogP contribution is 2.28. The van der Waals surface area contributed by atoms with E-state index in [1.807, 2.05) is 28.9 Å². The zero-order valence-electron chi connectivity index (χ0n) is 13.0. The van der Waals surface area contributed by atoms with Crippen molar-refractivity contribution < 1.29 is 4.74 Å². The largest absolute Gasteiger partial charge is 0.381 e. The van der Waals surface area contributed by atoms with E-state index in [4.69, 9.17) is 4.74 Å². The number of nitrogens with one attached hydrogen (secondary N) is 1. The van der Waals surface area contributed by atoms with Crippen LogP contribution in [0.1, 0.15) is 24.4 Å². The third-order valence-electron chi connectivity index (χ3n) is 4.19. The first-order valence-corrected chi connectivity index (χ1v) is 8.89. The molecule has 0 atom stereocenters. The number of thioether (sulfide) groups is 1. The van der Waals surface area contributed by atoms with Crippen molar-refractivity contribution in [2.24, 2.45) is 0 Å². The average Bonchev–Trinajstić information content (AvgIpc) is 3.09. The normalized spacial score (nSPS) is 15.8. The Kier molecular flexibility index (Phi) is 4.31. The number of aromatic amines is 1. The minimum Gasteiger partial charge on any atom is -0.381 e. The van der Waals surface area contributed by atoms with Gasteiger partial charge in [-0.05, 0) is 34.9 Å². The Morgan fingerprint density at radius 2 is 2.12 bits per heavy atom. The monoisotopic (exact) mass is 343 g/mol. The standard InChI is InChI=1S/C16H17N5O2S/c22-15-9-11(13-3-1-2-4-14(13)17-15)10-24-16-18-19-20-21(16)12-5-7-23-8-6-12/h1-4,9,12H,5-8,10H2,(H,17,22). The number of benzene rings is 1. The van der Waals surface area contributed by atoms with E-state index < -0.39 is 0 Å². The molecule has 7 nitrogen and oxygen atoms in total. The van der Waals surface area contributed by atoms with Crippen LogP contribution in [0.5, 0.6) is 0 Å². The number of ether oxygens (including phenoxy) is 1. The number of aromatic nitrogens is 5. The van der Waals surface area contributed by atoms with E-state index >= 15 is 0 Å². The van der Waals surface area contributed by atoms with Gasteiger partial charge in [0.05, 0.1) is 6.04 Å². The van der Waals surface area contributed by atoms with E-state index in [2.05, 4.69) is 20.5 Å². The maximum absolute atomic E-state index is 11.9. The van der Waals surface area contributed by atoms with Gasteiger partial charge in [-0.25, -0.2) is 4.68 Å². The van der Waals surface area contributed by atoms with Gasteiger partial charge in [0, 0.05) is 35.9 Å². The fourth-order valence-electron chi connectivity index (χ4n) is 2.98. The van der Waals surface area contributed by atoms with Crippen LogP contribution in [0, 0.1) is 0 Å². The Labute approximate surface area is 142 Å². The summed E-state index contributed by atoms with van der Waals surface area (Å²) >= 11 is 1.56. The molecular formula is C16H17N5O2S. The molecule has 8 heteroatoms. The van der Waals surface area contributed by atoms with Gasteiger partial charge < -0.3 is 9.72 Å². The second-order valence-corrected chi connectivity index (χ2v) is 6.69. The Hall–Kier alpha value is -2.19. The molecule has 24 heavy (non-hydrogen) atoms. The Morgan fingerprint density at radius 1 is 1.29 bits per heavy atom. The topological polar surface area (TPSA) is 85.7 Å². The first-order chi connectivity index (χ1) is 11.8. The molecule has 0 aliphatic carbocycles. The molecule has 1 N–H and O–H groups in total. The van der Waals surface area contributed by atoms with Crippen molar-refractivity contribution in [3.63, 3.8) is 0 Å². The lowest BCUT2D eigenvalue weighted by atomic mass is 10.1. The predicted octanol–water partition coefficient (Wildman–Crippen LogP) is 2.16. The van der Waals surface area contributed by atoms with Crippen LogP contribution in [0.2, 0.25) is 0 Å². The second-order valence-electron chi connectivity index (χ2n) is 5.74. The molecular weight excluding hydrogens is 326 g/mol. The van der Waals surface area contributed by atoms with Crippen LogP contribution in [0.15, 0.2) is 40.3 Å². The lowest BCUT2D eigenvalue weighted by Gasteiger charge is -2.22. The number of hydrogen-bond donors (Lipinski definition) is 1. The van der Waals surface area contributed by atoms with Gasteiger partial charge in [-0.1, -0.05) is 30.0 Å². The molecule has 0 spiro atoms. The van der Waals surface area contributed by atoms with Crippen molar-refractivity contribution in [3.8, 4) is 0 Å².